The van der Waals surface area contributed by atoms with Gasteiger partial charge in [-0.3, -0.25) is 4.57 Å². The van der Waals surface area contributed by atoms with E-state index in [0.717, 1.165) is 19.3 Å². The van der Waals surface area contributed by atoms with Crippen LogP contribution in [0.2, 0.25) is 0 Å². The van der Waals surface area contributed by atoms with Crippen LogP contribution in [-0.2, 0) is 4.57 Å². The molecule has 4 heteroatoms. The summed E-state index contributed by atoms with van der Waals surface area (Å²) in [5.74, 6) is 0.575. The van der Waals surface area contributed by atoms with Crippen molar-refractivity contribution in [2.75, 3.05) is 6.16 Å². The molecule has 1 aliphatic carbocycles. The largest absolute Gasteiger partial charge is 0.325 e. The maximum Gasteiger partial charge on any atom is 0.325 e. The van der Waals surface area contributed by atoms with Gasteiger partial charge in [0.25, 0.3) is 0 Å². The van der Waals surface area contributed by atoms with Crippen LogP contribution in [0.4, 0.5) is 0 Å². The molecule has 82 valence electrons. The second-order valence-electron chi connectivity index (χ2n) is 4.41. The fourth-order valence-electron chi connectivity index (χ4n) is 2.03. The zero-order chi connectivity index (χ0) is 10.8. The standard InChI is InChI=1S/C10H19O3P/c1-8-3-5-10(6-4-8)9(2)7-14(11,12)13/h3,9-10H,4-7H2,1-2H3,(H2,11,12,13). The molecule has 0 aromatic rings. The lowest BCUT2D eigenvalue weighted by molar-refractivity contribution is 0.316. The predicted octanol–water partition coefficient (Wildman–Crippen LogP) is 2.55. The molecular weight excluding hydrogens is 199 g/mol. The van der Waals surface area contributed by atoms with Gasteiger partial charge < -0.3 is 9.79 Å². The van der Waals surface area contributed by atoms with E-state index >= 15 is 0 Å². The van der Waals surface area contributed by atoms with Crippen molar-refractivity contribution in [1.82, 2.24) is 0 Å². The van der Waals surface area contributed by atoms with E-state index in [9.17, 15) is 4.57 Å². The van der Waals surface area contributed by atoms with E-state index in [2.05, 4.69) is 13.0 Å². The van der Waals surface area contributed by atoms with Gasteiger partial charge in [0, 0.05) is 0 Å². The van der Waals surface area contributed by atoms with Crippen LogP contribution < -0.4 is 0 Å². The molecule has 0 saturated heterocycles. The van der Waals surface area contributed by atoms with Crippen molar-refractivity contribution in [2.24, 2.45) is 11.8 Å². The van der Waals surface area contributed by atoms with Crippen LogP contribution in [-0.4, -0.2) is 15.9 Å². The average Bonchev–Trinajstić information content (AvgIpc) is 2.02. The Bertz CT molecular complexity index is 267. The van der Waals surface area contributed by atoms with Crippen molar-refractivity contribution in [3.63, 3.8) is 0 Å². The molecule has 14 heavy (non-hydrogen) atoms. The summed E-state index contributed by atoms with van der Waals surface area (Å²) in [5.41, 5.74) is 1.41. The van der Waals surface area contributed by atoms with Crippen molar-refractivity contribution in [3.8, 4) is 0 Å². The molecule has 1 rings (SSSR count). The lowest BCUT2D eigenvalue weighted by Crippen LogP contribution is -2.17. The molecule has 0 aromatic carbocycles. The minimum absolute atomic E-state index is 0.0323. The quantitative estimate of drug-likeness (QED) is 0.565. The predicted molar refractivity (Wildman–Crippen MR) is 57.2 cm³/mol. The smallest absolute Gasteiger partial charge is 0.324 e. The van der Waals surface area contributed by atoms with Crippen LogP contribution in [0.1, 0.15) is 33.1 Å². The van der Waals surface area contributed by atoms with E-state index in [1.807, 2.05) is 6.92 Å². The summed E-state index contributed by atoms with van der Waals surface area (Å²) < 4.78 is 10.8. The summed E-state index contributed by atoms with van der Waals surface area (Å²) in [5, 5.41) is 0. The lowest BCUT2D eigenvalue weighted by atomic mass is 9.83. The van der Waals surface area contributed by atoms with Gasteiger partial charge >= 0.3 is 7.60 Å². The molecule has 0 aliphatic heterocycles. The highest BCUT2D eigenvalue weighted by atomic mass is 31.2. The van der Waals surface area contributed by atoms with Crippen LogP contribution in [0.25, 0.3) is 0 Å². The molecule has 0 amide bonds. The minimum atomic E-state index is -3.82. The first-order valence-electron chi connectivity index (χ1n) is 5.08. The van der Waals surface area contributed by atoms with Crippen molar-refractivity contribution in [1.29, 1.82) is 0 Å². The topological polar surface area (TPSA) is 57.5 Å². The zero-order valence-electron chi connectivity index (χ0n) is 8.81. The Morgan fingerprint density at radius 1 is 1.64 bits per heavy atom. The number of rotatable bonds is 3. The Balaban J connectivity index is 2.47. The monoisotopic (exact) mass is 218 g/mol. The SMILES string of the molecule is CC1=CCC(C(C)CP(=O)(O)O)CC1. The fourth-order valence-corrected chi connectivity index (χ4v) is 3.08. The van der Waals surface area contributed by atoms with Crippen LogP contribution in [0.5, 0.6) is 0 Å². The maximum absolute atomic E-state index is 10.8. The minimum Gasteiger partial charge on any atom is -0.324 e. The van der Waals surface area contributed by atoms with Gasteiger partial charge in [0.05, 0.1) is 6.16 Å². The summed E-state index contributed by atoms with van der Waals surface area (Å²) in [4.78, 5) is 17.7. The van der Waals surface area contributed by atoms with Crippen molar-refractivity contribution < 1.29 is 14.4 Å². The van der Waals surface area contributed by atoms with E-state index in [1.165, 1.54) is 5.57 Å². The second-order valence-corrected chi connectivity index (χ2v) is 6.10. The molecule has 3 nitrogen and oxygen atoms in total. The third-order valence-electron chi connectivity index (χ3n) is 3.01. The van der Waals surface area contributed by atoms with Gasteiger partial charge in [-0.1, -0.05) is 18.6 Å². The molecule has 0 saturated carbocycles. The normalized spacial score (nSPS) is 25.7. The van der Waals surface area contributed by atoms with Crippen molar-refractivity contribution in [3.05, 3.63) is 11.6 Å². The van der Waals surface area contributed by atoms with E-state index in [4.69, 9.17) is 9.79 Å². The van der Waals surface area contributed by atoms with Gasteiger partial charge in [0.2, 0.25) is 0 Å². The average molecular weight is 218 g/mol. The van der Waals surface area contributed by atoms with Gasteiger partial charge in [-0.15, -0.1) is 0 Å². The van der Waals surface area contributed by atoms with Gasteiger partial charge in [0.1, 0.15) is 0 Å². The zero-order valence-corrected chi connectivity index (χ0v) is 9.70. The number of hydrogen-bond donors (Lipinski definition) is 2. The van der Waals surface area contributed by atoms with Crippen LogP contribution in [0, 0.1) is 11.8 Å². The van der Waals surface area contributed by atoms with Gasteiger partial charge in [-0.2, -0.15) is 0 Å². The van der Waals surface area contributed by atoms with E-state index < -0.39 is 7.60 Å². The van der Waals surface area contributed by atoms with Gasteiger partial charge in [0.15, 0.2) is 0 Å². The van der Waals surface area contributed by atoms with Crippen molar-refractivity contribution in [2.45, 2.75) is 33.1 Å². The summed E-state index contributed by atoms with van der Waals surface area (Å²) in [6, 6.07) is 0. The Kier molecular flexibility index (Phi) is 3.94. The van der Waals surface area contributed by atoms with Crippen LogP contribution in [0.3, 0.4) is 0 Å². The molecule has 2 unspecified atom stereocenters. The molecular formula is C10H19O3P. The van der Waals surface area contributed by atoms with Gasteiger partial charge in [-0.25, -0.2) is 0 Å². The van der Waals surface area contributed by atoms with Crippen LogP contribution in [0.15, 0.2) is 11.6 Å². The number of allylic oxidation sites excluding steroid dienone is 2. The van der Waals surface area contributed by atoms with Crippen molar-refractivity contribution >= 4 is 7.60 Å². The maximum atomic E-state index is 10.8. The van der Waals surface area contributed by atoms with Gasteiger partial charge in [-0.05, 0) is 38.0 Å². The summed E-state index contributed by atoms with van der Waals surface area (Å²) in [6.07, 6.45) is 5.36. The number of hydrogen-bond acceptors (Lipinski definition) is 1. The Labute approximate surface area is 85.4 Å². The highest BCUT2D eigenvalue weighted by Gasteiger charge is 2.25. The van der Waals surface area contributed by atoms with E-state index in [0.29, 0.717) is 5.92 Å². The Morgan fingerprint density at radius 3 is 2.71 bits per heavy atom. The molecule has 0 bridgehead atoms. The molecule has 1 aliphatic rings. The first-order chi connectivity index (χ1) is 6.38. The third kappa shape index (κ3) is 3.95. The molecule has 0 aromatic heterocycles. The highest BCUT2D eigenvalue weighted by Crippen LogP contribution is 2.41. The first-order valence-corrected chi connectivity index (χ1v) is 6.88. The molecule has 2 atom stereocenters. The Morgan fingerprint density at radius 2 is 2.29 bits per heavy atom. The summed E-state index contributed by atoms with van der Waals surface area (Å²) in [6.45, 7) is 4.06. The molecule has 0 heterocycles. The highest BCUT2D eigenvalue weighted by molar-refractivity contribution is 7.51. The van der Waals surface area contributed by atoms with Crippen LogP contribution >= 0.6 is 7.60 Å². The first kappa shape index (κ1) is 12.0. The lowest BCUT2D eigenvalue weighted by Gasteiger charge is -2.26. The molecule has 0 spiro atoms. The molecule has 0 radical (unpaired) electrons. The van der Waals surface area contributed by atoms with E-state index in [1.54, 1.807) is 0 Å². The second kappa shape index (κ2) is 4.61. The fraction of sp³-hybridized carbons (Fsp3) is 0.800. The Hall–Kier alpha value is -0.110. The molecule has 0 fully saturated rings. The van der Waals surface area contributed by atoms with E-state index in [-0.39, 0.29) is 12.1 Å². The molecule has 2 N–H and O–H groups in total. The summed E-state index contributed by atoms with van der Waals surface area (Å²) >= 11 is 0. The third-order valence-corrected chi connectivity index (χ3v) is 4.06. The summed E-state index contributed by atoms with van der Waals surface area (Å²) in [7, 11) is -3.82.